The SMILES string of the molecule is CC[C@@H](C)[C@H]([NH3+])C(=O)N/N=C\c1ccc2cc(OC)ccc2n1. The first-order chi connectivity index (χ1) is 11.0. The van der Waals surface area contributed by atoms with Crippen LogP contribution in [0.25, 0.3) is 10.9 Å². The highest BCUT2D eigenvalue weighted by Crippen LogP contribution is 2.19. The highest BCUT2D eigenvalue weighted by Gasteiger charge is 2.22. The van der Waals surface area contributed by atoms with Crippen molar-refractivity contribution in [2.75, 3.05) is 7.11 Å². The van der Waals surface area contributed by atoms with Crippen molar-refractivity contribution in [3.8, 4) is 5.75 Å². The van der Waals surface area contributed by atoms with E-state index in [0.717, 1.165) is 23.1 Å². The second-order valence-electron chi connectivity index (χ2n) is 5.52. The minimum Gasteiger partial charge on any atom is -0.497 e. The van der Waals surface area contributed by atoms with Gasteiger partial charge in [0, 0.05) is 11.3 Å². The summed E-state index contributed by atoms with van der Waals surface area (Å²) in [5, 5.41) is 4.95. The van der Waals surface area contributed by atoms with Crippen LogP contribution in [-0.4, -0.2) is 30.3 Å². The largest absolute Gasteiger partial charge is 0.497 e. The normalized spacial score (nSPS) is 13.9. The number of rotatable bonds is 6. The third-order valence-corrected chi connectivity index (χ3v) is 3.96. The topological polar surface area (TPSA) is 91.2 Å². The Balaban J connectivity index is 2.05. The number of pyridine rings is 1. The zero-order valence-electron chi connectivity index (χ0n) is 13.7. The molecule has 6 nitrogen and oxygen atoms in total. The maximum Gasteiger partial charge on any atom is 0.298 e. The van der Waals surface area contributed by atoms with E-state index in [1.165, 1.54) is 6.21 Å². The molecule has 0 saturated carbocycles. The third kappa shape index (κ3) is 4.26. The van der Waals surface area contributed by atoms with E-state index in [4.69, 9.17) is 4.74 Å². The van der Waals surface area contributed by atoms with Crippen LogP contribution in [0.5, 0.6) is 5.75 Å². The molecule has 0 aliphatic rings. The smallest absolute Gasteiger partial charge is 0.298 e. The molecular formula is C17H23N4O2+. The number of carbonyl (C=O) groups excluding carboxylic acids is 1. The second-order valence-corrected chi connectivity index (χ2v) is 5.52. The van der Waals surface area contributed by atoms with E-state index in [-0.39, 0.29) is 17.9 Å². The molecule has 0 unspecified atom stereocenters. The van der Waals surface area contributed by atoms with Gasteiger partial charge in [0.25, 0.3) is 5.91 Å². The van der Waals surface area contributed by atoms with Crippen LogP contribution in [0.2, 0.25) is 0 Å². The van der Waals surface area contributed by atoms with E-state index in [9.17, 15) is 4.79 Å². The first-order valence-electron chi connectivity index (χ1n) is 7.66. The molecule has 1 heterocycles. The van der Waals surface area contributed by atoms with Gasteiger partial charge >= 0.3 is 0 Å². The van der Waals surface area contributed by atoms with Crippen molar-refractivity contribution in [3.63, 3.8) is 0 Å². The zero-order chi connectivity index (χ0) is 16.8. The van der Waals surface area contributed by atoms with Crippen molar-refractivity contribution in [2.24, 2.45) is 11.0 Å². The Morgan fingerprint density at radius 3 is 2.91 bits per heavy atom. The number of hydrogen-bond donors (Lipinski definition) is 2. The van der Waals surface area contributed by atoms with Gasteiger partial charge in [-0.25, -0.2) is 10.4 Å². The van der Waals surface area contributed by atoms with E-state index in [1.807, 2.05) is 44.2 Å². The number of benzene rings is 1. The molecule has 0 saturated heterocycles. The van der Waals surface area contributed by atoms with Gasteiger partial charge in [-0.2, -0.15) is 5.10 Å². The Morgan fingerprint density at radius 2 is 2.22 bits per heavy atom. The number of hydrazone groups is 1. The number of quaternary nitrogens is 1. The van der Waals surface area contributed by atoms with Gasteiger partial charge in [-0.05, 0) is 30.7 Å². The van der Waals surface area contributed by atoms with Crippen molar-refractivity contribution in [2.45, 2.75) is 26.3 Å². The number of aromatic nitrogens is 1. The highest BCUT2D eigenvalue weighted by molar-refractivity contribution is 5.87. The Kier molecular flexibility index (Phi) is 5.65. The fourth-order valence-corrected chi connectivity index (χ4v) is 2.11. The number of nitrogens with zero attached hydrogens (tertiary/aromatic N) is 2. The van der Waals surface area contributed by atoms with Crippen LogP contribution in [-0.2, 0) is 4.79 Å². The first kappa shape index (κ1) is 16.9. The van der Waals surface area contributed by atoms with Crippen molar-refractivity contribution in [1.82, 2.24) is 10.4 Å². The second kappa shape index (κ2) is 7.69. The molecule has 23 heavy (non-hydrogen) atoms. The maximum atomic E-state index is 11.9. The van der Waals surface area contributed by atoms with Crippen LogP contribution in [0, 0.1) is 5.92 Å². The average Bonchev–Trinajstić information content (AvgIpc) is 2.59. The van der Waals surface area contributed by atoms with Crippen molar-refractivity contribution in [3.05, 3.63) is 36.0 Å². The summed E-state index contributed by atoms with van der Waals surface area (Å²) in [4.78, 5) is 16.4. The Morgan fingerprint density at radius 1 is 1.43 bits per heavy atom. The van der Waals surface area contributed by atoms with Gasteiger partial charge < -0.3 is 10.5 Å². The lowest BCUT2D eigenvalue weighted by atomic mass is 10.00. The summed E-state index contributed by atoms with van der Waals surface area (Å²) in [6.07, 6.45) is 2.44. The van der Waals surface area contributed by atoms with Crippen LogP contribution in [0.1, 0.15) is 26.0 Å². The zero-order valence-corrected chi connectivity index (χ0v) is 13.7. The lowest BCUT2D eigenvalue weighted by Crippen LogP contribution is -2.69. The molecular weight excluding hydrogens is 292 g/mol. The Hall–Kier alpha value is -2.47. The molecule has 0 aliphatic heterocycles. The van der Waals surface area contributed by atoms with Gasteiger partial charge in [0.1, 0.15) is 5.75 Å². The molecule has 0 aliphatic carbocycles. The van der Waals surface area contributed by atoms with Crippen LogP contribution in [0.15, 0.2) is 35.4 Å². The summed E-state index contributed by atoms with van der Waals surface area (Å²) in [6, 6.07) is 9.14. The molecule has 122 valence electrons. The van der Waals surface area contributed by atoms with Gasteiger partial charge in [-0.15, -0.1) is 0 Å². The minimum atomic E-state index is -0.311. The van der Waals surface area contributed by atoms with Gasteiger partial charge in [-0.1, -0.05) is 19.9 Å². The van der Waals surface area contributed by atoms with E-state index in [0.29, 0.717) is 5.69 Å². The summed E-state index contributed by atoms with van der Waals surface area (Å²) in [5.74, 6) is 0.833. The Bertz CT molecular complexity index is 715. The van der Waals surface area contributed by atoms with Gasteiger partial charge in [0.05, 0.1) is 24.5 Å². The van der Waals surface area contributed by atoms with Gasteiger partial charge in [0.2, 0.25) is 0 Å². The predicted molar refractivity (Wildman–Crippen MR) is 90.2 cm³/mol. The quantitative estimate of drug-likeness (QED) is 0.622. The van der Waals surface area contributed by atoms with E-state index < -0.39 is 0 Å². The maximum absolute atomic E-state index is 11.9. The van der Waals surface area contributed by atoms with Crippen LogP contribution in [0.4, 0.5) is 0 Å². The Labute approximate surface area is 135 Å². The lowest BCUT2D eigenvalue weighted by molar-refractivity contribution is -0.415. The minimum absolute atomic E-state index is 0.180. The number of carbonyl (C=O) groups is 1. The molecule has 4 N–H and O–H groups in total. The van der Waals surface area contributed by atoms with Crippen molar-refractivity contribution >= 4 is 23.0 Å². The molecule has 0 spiro atoms. The summed E-state index contributed by atoms with van der Waals surface area (Å²) in [7, 11) is 1.63. The molecule has 0 radical (unpaired) electrons. The highest BCUT2D eigenvalue weighted by atomic mass is 16.5. The number of amides is 1. The predicted octanol–water partition coefficient (Wildman–Crippen LogP) is 1.35. The number of nitrogens with one attached hydrogen (secondary N) is 1. The van der Waals surface area contributed by atoms with Gasteiger partial charge in [-0.3, -0.25) is 4.79 Å². The van der Waals surface area contributed by atoms with E-state index in [2.05, 4.69) is 21.2 Å². The number of fused-ring (bicyclic) bond motifs is 1. The monoisotopic (exact) mass is 315 g/mol. The summed E-state index contributed by atoms with van der Waals surface area (Å²) >= 11 is 0. The lowest BCUT2D eigenvalue weighted by Gasteiger charge is -2.12. The molecule has 0 bridgehead atoms. The molecule has 0 fully saturated rings. The standard InChI is InChI=1S/C17H22N4O2/c1-4-11(2)16(18)17(22)21-19-10-13-6-5-12-9-14(23-3)7-8-15(12)20-13/h5-11,16H,4,18H2,1-3H3,(H,21,22)/p+1/b19-10-/t11-,16+/m1/s1. The van der Waals surface area contributed by atoms with E-state index in [1.54, 1.807) is 7.11 Å². The fourth-order valence-electron chi connectivity index (χ4n) is 2.11. The third-order valence-electron chi connectivity index (χ3n) is 3.96. The van der Waals surface area contributed by atoms with Crippen LogP contribution < -0.4 is 15.9 Å². The summed E-state index contributed by atoms with van der Waals surface area (Å²) < 4.78 is 5.19. The average molecular weight is 315 g/mol. The van der Waals surface area contributed by atoms with E-state index >= 15 is 0 Å². The fraction of sp³-hybridized carbons (Fsp3) is 0.353. The molecule has 6 heteroatoms. The number of hydrogen-bond acceptors (Lipinski definition) is 4. The molecule has 1 amide bonds. The van der Waals surface area contributed by atoms with Crippen molar-refractivity contribution < 1.29 is 15.3 Å². The summed E-state index contributed by atoms with van der Waals surface area (Å²) in [5.41, 5.74) is 7.92. The number of ether oxygens (including phenoxy) is 1. The molecule has 1 aromatic heterocycles. The van der Waals surface area contributed by atoms with Crippen LogP contribution in [0.3, 0.4) is 0 Å². The van der Waals surface area contributed by atoms with Crippen molar-refractivity contribution in [1.29, 1.82) is 0 Å². The molecule has 2 atom stereocenters. The van der Waals surface area contributed by atoms with Crippen LogP contribution >= 0.6 is 0 Å². The number of methoxy groups -OCH3 is 1. The van der Waals surface area contributed by atoms with Gasteiger partial charge in [0.15, 0.2) is 6.04 Å². The summed E-state index contributed by atoms with van der Waals surface area (Å²) in [6.45, 7) is 4.04. The molecule has 2 aromatic rings. The first-order valence-corrected chi connectivity index (χ1v) is 7.66. The molecule has 2 rings (SSSR count). The molecule has 1 aromatic carbocycles.